The molecular formula is C9H4Cl2F3NO3S. The molecule has 0 unspecified atom stereocenters. The molecule has 104 valence electrons. The van der Waals surface area contributed by atoms with Crippen LogP contribution >= 0.6 is 22.3 Å². The predicted molar refractivity (Wildman–Crippen MR) is 63.0 cm³/mol. The van der Waals surface area contributed by atoms with Gasteiger partial charge in [-0.15, -0.1) is 13.2 Å². The summed E-state index contributed by atoms with van der Waals surface area (Å²) in [5, 5.41) is -0.358. The first-order valence-corrected chi connectivity index (χ1v) is 7.28. The minimum Gasteiger partial charge on any atom is -0.402 e. The van der Waals surface area contributed by atoms with E-state index in [4.69, 9.17) is 22.3 Å². The van der Waals surface area contributed by atoms with Gasteiger partial charge in [-0.3, -0.25) is 0 Å². The topological polar surface area (TPSA) is 59.2 Å². The minimum atomic E-state index is -4.96. The standard InChI is InChI=1S/C9H4Cl2F3NO3S/c10-5-2-1-4-6(19(11,16)17)3-15-7(4)8(5)18-9(12,13)14/h1-3,15H. The first kappa shape index (κ1) is 14.3. The maximum atomic E-state index is 12.3. The Kier molecular flexibility index (Phi) is 3.36. The van der Waals surface area contributed by atoms with Gasteiger partial charge >= 0.3 is 6.36 Å². The van der Waals surface area contributed by atoms with E-state index in [1.165, 1.54) is 6.07 Å². The van der Waals surface area contributed by atoms with Crippen molar-refractivity contribution in [3.05, 3.63) is 23.4 Å². The number of hydrogen-bond donors (Lipinski definition) is 1. The molecule has 0 aliphatic rings. The van der Waals surface area contributed by atoms with Crippen molar-refractivity contribution in [3.63, 3.8) is 0 Å². The van der Waals surface area contributed by atoms with E-state index in [-0.39, 0.29) is 20.8 Å². The molecule has 1 aromatic carbocycles. The van der Waals surface area contributed by atoms with Crippen molar-refractivity contribution in [2.24, 2.45) is 0 Å². The van der Waals surface area contributed by atoms with Crippen molar-refractivity contribution in [1.29, 1.82) is 0 Å². The van der Waals surface area contributed by atoms with Crippen LogP contribution in [0.2, 0.25) is 5.02 Å². The second-order valence-electron chi connectivity index (χ2n) is 3.44. The molecule has 2 rings (SSSR count). The van der Waals surface area contributed by atoms with E-state index >= 15 is 0 Å². The van der Waals surface area contributed by atoms with Crippen molar-refractivity contribution in [2.75, 3.05) is 0 Å². The second-order valence-corrected chi connectivity index (χ2v) is 6.38. The van der Waals surface area contributed by atoms with E-state index in [1.807, 2.05) is 0 Å². The molecule has 1 heterocycles. The number of ether oxygens (including phenoxy) is 1. The van der Waals surface area contributed by atoms with Crippen LogP contribution in [0, 0.1) is 0 Å². The molecule has 0 saturated carbocycles. The first-order chi connectivity index (χ1) is 8.59. The number of aromatic nitrogens is 1. The van der Waals surface area contributed by atoms with Gasteiger partial charge in [-0.2, -0.15) is 0 Å². The summed E-state index contributed by atoms with van der Waals surface area (Å²) in [5.74, 6) is -0.710. The van der Waals surface area contributed by atoms with Crippen molar-refractivity contribution in [1.82, 2.24) is 4.98 Å². The number of nitrogens with one attached hydrogen (secondary N) is 1. The lowest BCUT2D eigenvalue weighted by Gasteiger charge is -2.11. The monoisotopic (exact) mass is 333 g/mol. The lowest BCUT2D eigenvalue weighted by atomic mass is 10.2. The Morgan fingerprint density at radius 2 is 1.89 bits per heavy atom. The third-order valence-corrected chi connectivity index (χ3v) is 3.86. The summed E-state index contributed by atoms with van der Waals surface area (Å²) < 4.78 is 63.0. The van der Waals surface area contributed by atoms with Crippen molar-refractivity contribution < 1.29 is 26.3 Å². The number of alkyl halides is 3. The van der Waals surface area contributed by atoms with E-state index < -0.39 is 21.2 Å². The van der Waals surface area contributed by atoms with Gasteiger partial charge in [0.25, 0.3) is 9.05 Å². The zero-order valence-electron chi connectivity index (χ0n) is 8.75. The van der Waals surface area contributed by atoms with Gasteiger partial charge in [-0.25, -0.2) is 8.42 Å². The Morgan fingerprint density at radius 3 is 2.42 bits per heavy atom. The molecule has 0 aliphatic heterocycles. The molecule has 0 saturated heterocycles. The van der Waals surface area contributed by atoms with Gasteiger partial charge in [0, 0.05) is 22.3 Å². The van der Waals surface area contributed by atoms with Crippen molar-refractivity contribution >= 4 is 42.2 Å². The number of halogens is 5. The summed E-state index contributed by atoms with van der Waals surface area (Å²) in [6.07, 6.45) is -3.99. The van der Waals surface area contributed by atoms with E-state index in [0.29, 0.717) is 0 Å². The Labute approximate surface area is 114 Å². The van der Waals surface area contributed by atoms with Gasteiger partial charge in [0.05, 0.1) is 10.5 Å². The van der Waals surface area contributed by atoms with Gasteiger partial charge in [0.15, 0.2) is 5.75 Å². The highest BCUT2D eigenvalue weighted by Gasteiger charge is 2.33. The first-order valence-electron chi connectivity index (χ1n) is 4.59. The van der Waals surface area contributed by atoms with Gasteiger partial charge in [0.1, 0.15) is 4.90 Å². The summed E-state index contributed by atoms with van der Waals surface area (Å²) in [5.41, 5.74) is -0.205. The number of rotatable bonds is 2. The van der Waals surface area contributed by atoms with Gasteiger partial charge in [-0.1, -0.05) is 11.6 Å². The highest BCUT2D eigenvalue weighted by atomic mass is 35.7. The van der Waals surface area contributed by atoms with E-state index in [0.717, 1.165) is 12.3 Å². The largest absolute Gasteiger partial charge is 0.573 e. The number of hydrogen-bond acceptors (Lipinski definition) is 3. The molecule has 0 aliphatic carbocycles. The lowest BCUT2D eigenvalue weighted by molar-refractivity contribution is -0.274. The van der Waals surface area contributed by atoms with Crippen LogP contribution in [0.1, 0.15) is 0 Å². The Bertz CT molecular complexity index is 739. The third-order valence-electron chi connectivity index (χ3n) is 2.20. The summed E-state index contributed by atoms with van der Waals surface area (Å²) in [4.78, 5) is 2.00. The molecule has 10 heteroatoms. The normalized spacial score (nSPS) is 12.9. The average molecular weight is 334 g/mol. The predicted octanol–water partition coefficient (Wildman–Crippen LogP) is 3.65. The summed E-state index contributed by atoms with van der Waals surface area (Å²) in [7, 11) is 1.06. The second kappa shape index (κ2) is 4.46. The fourth-order valence-electron chi connectivity index (χ4n) is 1.54. The molecule has 0 fully saturated rings. The van der Waals surface area contributed by atoms with Gasteiger partial charge in [0.2, 0.25) is 0 Å². The maximum absolute atomic E-state index is 12.3. The molecule has 2 aromatic rings. The SMILES string of the molecule is O=S(=O)(Cl)c1c[nH]c2c(OC(F)(F)F)c(Cl)ccc12. The Morgan fingerprint density at radius 1 is 1.26 bits per heavy atom. The van der Waals surface area contributed by atoms with E-state index in [9.17, 15) is 21.6 Å². The number of benzene rings is 1. The van der Waals surface area contributed by atoms with Crippen LogP contribution in [0.3, 0.4) is 0 Å². The zero-order chi connectivity index (χ0) is 14.4. The van der Waals surface area contributed by atoms with Crippen molar-refractivity contribution in [2.45, 2.75) is 11.3 Å². The summed E-state index contributed by atoms with van der Waals surface area (Å²) >= 11 is 5.61. The molecule has 1 aromatic heterocycles. The van der Waals surface area contributed by atoms with E-state index in [2.05, 4.69) is 9.72 Å². The van der Waals surface area contributed by atoms with Crippen LogP contribution in [0.25, 0.3) is 10.9 Å². The van der Waals surface area contributed by atoms with Crippen LogP contribution in [-0.2, 0) is 9.05 Å². The highest BCUT2D eigenvalue weighted by Crippen LogP contribution is 2.39. The maximum Gasteiger partial charge on any atom is 0.573 e. The Hall–Kier alpha value is -1.12. The molecule has 0 atom stereocenters. The van der Waals surface area contributed by atoms with Gasteiger partial charge in [-0.05, 0) is 12.1 Å². The fraction of sp³-hybridized carbons (Fsp3) is 0.111. The van der Waals surface area contributed by atoms with Crippen LogP contribution in [-0.4, -0.2) is 19.8 Å². The molecule has 0 amide bonds. The lowest BCUT2D eigenvalue weighted by Crippen LogP contribution is -2.17. The number of H-pyrrole nitrogens is 1. The quantitative estimate of drug-likeness (QED) is 0.853. The van der Waals surface area contributed by atoms with Crippen LogP contribution in [0.4, 0.5) is 13.2 Å². The summed E-state index contributed by atoms with van der Waals surface area (Å²) in [6, 6.07) is 2.32. The minimum absolute atomic E-state index is 0.0429. The van der Waals surface area contributed by atoms with Crippen molar-refractivity contribution in [3.8, 4) is 5.75 Å². The average Bonchev–Trinajstić information content (AvgIpc) is 2.63. The molecule has 1 N–H and O–H groups in total. The smallest absolute Gasteiger partial charge is 0.402 e. The molecule has 0 radical (unpaired) electrons. The van der Waals surface area contributed by atoms with Crippen LogP contribution in [0.5, 0.6) is 5.75 Å². The molecular weight excluding hydrogens is 330 g/mol. The van der Waals surface area contributed by atoms with Gasteiger partial charge < -0.3 is 9.72 Å². The highest BCUT2D eigenvalue weighted by molar-refractivity contribution is 8.14. The molecule has 19 heavy (non-hydrogen) atoms. The number of aromatic amines is 1. The van der Waals surface area contributed by atoms with E-state index in [1.54, 1.807) is 0 Å². The Balaban J connectivity index is 2.72. The third kappa shape index (κ3) is 2.90. The molecule has 0 bridgehead atoms. The molecule has 4 nitrogen and oxygen atoms in total. The summed E-state index contributed by atoms with van der Waals surface area (Å²) in [6.45, 7) is 0. The van der Waals surface area contributed by atoms with Crippen LogP contribution < -0.4 is 4.74 Å². The molecule has 0 spiro atoms. The van der Waals surface area contributed by atoms with Crippen LogP contribution in [0.15, 0.2) is 23.2 Å². The zero-order valence-corrected chi connectivity index (χ0v) is 11.1. The number of fused-ring (bicyclic) bond motifs is 1. The fourth-order valence-corrected chi connectivity index (χ4v) is 2.75.